The highest BCUT2D eigenvalue weighted by molar-refractivity contribution is 5.95. The van der Waals surface area contributed by atoms with Gasteiger partial charge in [-0.25, -0.2) is 0 Å². The predicted molar refractivity (Wildman–Crippen MR) is 92.3 cm³/mol. The van der Waals surface area contributed by atoms with Crippen molar-refractivity contribution < 1.29 is 28.7 Å². The fraction of sp³-hybridized carbons (Fsp3) is 0.444. The Hall–Kier alpha value is -2.94. The van der Waals surface area contributed by atoms with Crippen LogP contribution in [0.5, 0.6) is 5.75 Å². The van der Waals surface area contributed by atoms with Gasteiger partial charge in [0.05, 0.1) is 5.41 Å². The summed E-state index contributed by atoms with van der Waals surface area (Å²) in [6.45, 7) is 2.61. The molecule has 1 aromatic heterocycles. The van der Waals surface area contributed by atoms with E-state index in [2.05, 4.69) is 15.5 Å². The molecule has 2 N–H and O–H groups in total. The second-order valence-corrected chi connectivity index (χ2v) is 6.43. The maximum absolute atomic E-state index is 12.5. The van der Waals surface area contributed by atoms with Crippen LogP contribution < -0.4 is 10.1 Å². The molecule has 1 aromatic carbocycles. The van der Waals surface area contributed by atoms with E-state index >= 15 is 0 Å². The topological polar surface area (TPSA) is 124 Å². The number of rotatable bonds is 7. The normalized spacial score (nSPS) is 15.9. The molecule has 1 aliphatic rings. The zero-order valence-corrected chi connectivity index (χ0v) is 14.9. The Morgan fingerprint density at radius 2 is 2.11 bits per heavy atom. The number of ether oxygens (including phenoxy) is 2. The molecule has 1 fully saturated rings. The largest absolute Gasteiger partial charge is 0.485 e. The third kappa shape index (κ3) is 4.62. The lowest BCUT2D eigenvalue weighted by Gasteiger charge is -2.33. The molecule has 144 valence electrons. The number of carboxylic acids is 1. The van der Waals surface area contributed by atoms with Crippen molar-refractivity contribution in [2.24, 2.45) is 5.41 Å². The lowest BCUT2D eigenvalue weighted by molar-refractivity contribution is -0.154. The Bertz CT molecular complexity index is 813. The predicted octanol–water partition coefficient (Wildman–Crippen LogP) is 1.57. The first-order chi connectivity index (χ1) is 13.0. The fourth-order valence-electron chi connectivity index (χ4n) is 2.85. The van der Waals surface area contributed by atoms with Crippen molar-refractivity contribution in [2.45, 2.75) is 26.4 Å². The summed E-state index contributed by atoms with van der Waals surface area (Å²) < 4.78 is 15.7. The van der Waals surface area contributed by atoms with Crippen molar-refractivity contribution in [3.8, 4) is 5.75 Å². The average molecular weight is 375 g/mol. The zero-order chi connectivity index (χ0) is 19.3. The maximum atomic E-state index is 12.5. The number of aliphatic carboxylic acids is 1. The Balaban J connectivity index is 1.60. The highest BCUT2D eigenvalue weighted by Crippen LogP contribution is 2.30. The minimum Gasteiger partial charge on any atom is -0.485 e. The molecular formula is C18H21N3O6. The summed E-state index contributed by atoms with van der Waals surface area (Å²) in [5.74, 6) is 0.0538. The molecule has 0 aliphatic carbocycles. The molecule has 9 heteroatoms. The number of benzene rings is 1. The summed E-state index contributed by atoms with van der Waals surface area (Å²) in [5, 5.41) is 16.0. The monoisotopic (exact) mass is 375 g/mol. The van der Waals surface area contributed by atoms with E-state index < -0.39 is 11.4 Å². The molecule has 0 bridgehead atoms. The van der Waals surface area contributed by atoms with Gasteiger partial charge in [-0.3, -0.25) is 9.59 Å². The summed E-state index contributed by atoms with van der Waals surface area (Å²) in [7, 11) is 0. The van der Waals surface area contributed by atoms with E-state index in [1.54, 1.807) is 31.2 Å². The number of hydrogen-bond donors (Lipinski definition) is 2. The number of carbonyl (C=O) groups is 2. The average Bonchev–Trinajstić information content (AvgIpc) is 3.10. The first kappa shape index (κ1) is 18.8. The van der Waals surface area contributed by atoms with Gasteiger partial charge in [0, 0.05) is 32.2 Å². The van der Waals surface area contributed by atoms with Crippen LogP contribution in [-0.2, 0) is 16.1 Å². The van der Waals surface area contributed by atoms with Crippen molar-refractivity contribution in [3.63, 3.8) is 0 Å². The van der Waals surface area contributed by atoms with E-state index in [0.717, 1.165) is 0 Å². The first-order valence-electron chi connectivity index (χ1n) is 8.60. The molecule has 9 nitrogen and oxygen atoms in total. The van der Waals surface area contributed by atoms with Crippen LogP contribution in [0.4, 0.5) is 0 Å². The summed E-state index contributed by atoms with van der Waals surface area (Å²) >= 11 is 0. The second kappa shape index (κ2) is 8.17. The van der Waals surface area contributed by atoms with Crippen LogP contribution in [-0.4, -0.2) is 46.9 Å². The van der Waals surface area contributed by atoms with Crippen LogP contribution in [0.3, 0.4) is 0 Å². The van der Waals surface area contributed by atoms with Crippen molar-refractivity contribution in [1.82, 2.24) is 15.5 Å². The Morgan fingerprint density at radius 3 is 2.78 bits per heavy atom. The van der Waals surface area contributed by atoms with Gasteiger partial charge in [-0.15, -0.1) is 0 Å². The molecule has 0 atom stereocenters. The zero-order valence-electron chi connectivity index (χ0n) is 14.9. The number of amides is 1. The SMILES string of the molecule is Cc1nc(COc2cccc(C(=O)NCC3(C(=O)O)CCOCC3)c2)no1. The fourth-order valence-corrected chi connectivity index (χ4v) is 2.85. The smallest absolute Gasteiger partial charge is 0.311 e. The van der Waals surface area contributed by atoms with Crippen molar-refractivity contribution in [3.05, 3.63) is 41.5 Å². The minimum absolute atomic E-state index is 0.0533. The third-order valence-corrected chi connectivity index (χ3v) is 4.52. The van der Waals surface area contributed by atoms with E-state index in [1.165, 1.54) is 0 Å². The van der Waals surface area contributed by atoms with Gasteiger partial charge in [-0.2, -0.15) is 4.98 Å². The van der Waals surface area contributed by atoms with Crippen molar-refractivity contribution >= 4 is 11.9 Å². The molecule has 1 aliphatic heterocycles. The van der Waals surface area contributed by atoms with E-state index in [4.69, 9.17) is 14.0 Å². The number of nitrogens with one attached hydrogen (secondary N) is 1. The van der Waals surface area contributed by atoms with Crippen LogP contribution >= 0.6 is 0 Å². The maximum Gasteiger partial charge on any atom is 0.311 e. The molecule has 2 heterocycles. The molecule has 3 rings (SSSR count). The number of hydrogen-bond acceptors (Lipinski definition) is 7. The van der Waals surface area contributed by atoms with Gasteiger partial charge in [0.25, 0.3) is 5.91 Å². The van der Waals surface area contributed by atoms with Crippen molar-refractivity contribution in [2.75, 3.05) is 19.8 Å². The van der Waals surface area contributed by atoms with Gasteiger partial charge >= 0.3 is 5.97 Å². The number of carboxylic acid groups (broad SMARTS) is 1. The summed E-state index contributed by atoms with van der Waals surface area (Å²) in [5.41, 5.74) is -0.609. The van der Waals surface area contributed by atoms with Gasteiger partial charge in [0.2, 0.25) is 11.7 Å². The van der Waals surface area contributed by atoms with Gasteiger partial charge in [-0.1, -0.05) is 11.2 Å². The van der Waals surface area contributed by atoms with Gasteiger partial charge < -0.3 is 24.4 Å². The van der Waals surface area contributed by atoms with Gasteiger partial charge in [0.15, 0.2) is 6.61 Å². The Kier molecular flexibility index (Phi) is 5.70. The Morgan fingerprint density at radius 1 is 1.33 bits per heavy atom. The lowest BCUT2D eigenvalue weighted by Crippen LogP contribution is -2.46. The molecule has 1 saturated heterocycles. The number of aryl methyl sites for hydroxylation is 1. The van der Waals surface area contributed by atoms with E-state index in [9.17, 15) is 14.7 Å². The van der Waals surface area contributed by atoms with Crippen LogP contribution in [0.25, 0.3) is 0 Å². The standard InChI is InChI=1S/C18H21N3O6/c1-12-20-15(21-27-12)10-26-14-4-2-3-13(9-14)16(22)19-11-18(17(23)24)5-7-25-8-6-18/h2-4,9H,5-8,10-11H2,1H3,(H,19,22)(H,23,24). The molecule has 27 heavy (non-hydrogen) atoms. The molecule has 0 spiro atoms. The van der Waals surface area contributed by atoms with E-state index in [1.807, 2.05) is 0 Å². The molecule has 0 radical (unpaired) electrons. The van der Waals surface area contributed by atoms with Gasteiger partial charge in [-0.05, 0) is 31.0 Å². The Labute approximate surface area is 155 Å². The molecule has 2 aromatic rings. The molecule has 0 unspecified atom stereocenters. The summed E-state index contributed by atoms with van der Waals surface area (Å²) in [6, 6.07) is 6.62. The van der Waals surface area contributed by atoms with E-state index in [-0.39, 0.29) is 19.1 Å². The van der Waals surface area contributed by atoms with Gasteiger partial charge in [0.1, 0.15) is 5.75 Å². The second-order valence-electron chi connectivity index (χ2n) is 6.43. The number of aromatic nitrogens is 2. The summed E-state index contributed by atoms with van der Waals surface area (Å²) in [4.78, 5) is 28.1. The van der Waals surface area contributed by atoms with Crippen LogP contribution in [0.15, 0.2) is 28.8 Å². The highest BCUT2D eigenvalue weighted by Gasteiger charge is 2.40. The van der Waals surface area contributed by atoms with Crippen LogP contribution in [0, 0.1) is 12.3 Å². The molecule has 0 saturated carbocycles. The van der Waals surface area contributed by atoms with E-state index in [0.29, 0.717) is 49.1 Å². The summed E-state index contributed by atoms with van der Waals surface area (Å²) in [6.07, 6.45) is 0.742. The van der Waals surface area contributed by atoms with Crippen LogP contribution in [0.2, 0.25) is 0 Å². The first-order valence-corrected chi connectivity index (χ1v) is 8.60. The quantitative estimate of drug-likeness (QED) is 0.747. The molecular weight excluding hydrogens is 354 g/mol. The minimum atomic E-state index is -0.988. The highest BCUT2D eigenvalue weighted by atomic mass is 16.5. The third-order valence-electron chi connectivity index (χ3n) is 4.52. The van der Waals surface area contributed by atoms with Crippen molar-refractivity contribution in [1.29, 1.82) is 0 Å². The number of carbonyl (C=O) groups excluding carboxylic acids is 1. The molecule has 1 amide bonds. The number of nitrogens with zero attached hydrogens (tertiary/aromatic N) is 2. The lowest BCUT2D eigenvalue weighted by atomic mass is 9.80. The van der Waals surface area contributed by atoms with Crippen LogP contribution in [0.1, 0.15) is 34.9 Å².